The van der Waals surface area contributed by atoms with E-state index in [0.29, 0.717) is 12.8 Å². The number of nitrogens with zero attached hydrogens (tertiary/aromatic N) is 2. The van der Waals surface area contributed by atoms with Crippen LogP contribution in [0.5, 0.6) is 0 Å². The molecule has 2 amide bonds. The zero-order valence-corrected chi connectivity index (χ0v) is 16.4. The van der Waals surface area contributed by atoms with Gasteiger partial charge in [-0.2, -0.15) is 0 Å². The van der Waals surface area contributed by atoms with E-state index in [0.717, 1.165) is 61.3 Å². The monoisotopic (exact) mass is 375 g/mol. The molecule has 0 atom stereocenters. The van der Waals surface area contributed by atoms with E-state index in [1.165, 1.54) is 6.42 Å². The van der Waals surface area contributed by atoms with Crippen molar-refractivity contribution >= 4 is 29.3 Å². The fourth-order valence-corrected chi connectivity index (χ4v) is 4.75. The molecule has 142 valence electrons. The van der Waals surface area contributed by atoms with Gasteiger partial charge < -0.3 is 15.1 Å². The van der Waals surface area contributed by atoms with Gasteiger partial charge in [0.1, 0.15) is 0 Å². The molecule has 1 aromatic carbocycles. The summed E-state index contributed by atoms with van der Waals surface area (Å²) in [6.07, 6.45) is 3.98. The van der Waals surface area contributed by atoms with E-state index in [1.807, 2.05) is 35.0 Å². The summed E-state index contributed by atoms with van der Waals surface area (Å²) in [5.41, 5.74) is 0.992. The van der Waals surface area contributed by atoms with E-state index in [9.17, 15) is 9.59 Å². The molecule has 2 aliphatic heterocycles. The van der Waals surface area contributed by atoms with E-state index in [4.69, 9.17) is 0 Å². The molecule has 2 heterocycles. The number of hydrogen-bond acceptors (Lipinski definition) is 4. The zero-order chi connectivity index (χ0) is 18.4. The summed E-state index contributed by atoms with van der Waals surface area (Å²) in [6.45, 7) is 3.45. The predicted octanol–water partition coefficient (Wildman–Crippen LogP) is 2.75. The average Bonchev–Trinajstić information content (AvgIpc) is 2.70. The summed E-state index contributed by atoms with van der Waals surface area (Å²) in [5.74, 6) is 1.83. The van der Waals surface area contributed by atoms with Crippen molar-refractivity contribution < 1.29 is 9.59 Å². The Balaban J connectivity index is 1.46. The number of benzene rings is 1. The van der Waals surface area contributed by atoms with Crippen LogP contribution in [0.4, 0.5) is 5.69 Å². The minimum atomic E-state index is 0.0648. The van der Waals surface area contributed by atoms with Crippen molar-refractivity contribution in [3.8, 4) is 0 Å². The van der Waals surface area contributed by atoms with Crippen LogP contribution in [0.1, 0.15) is 32.1 Å². The molecule has 6 heteroatoms. The molecule has 0 unspecified atom stereocenters. The summed E-state index contributed by atoms with van der Waals surface area (Å²) in [7, 11) is 1.98. The Morgan fingerprint density at radius 2 is 1.85 bits per heavy atom. The summed E-state index contributed by atoms with van der Waals surface area (Å²) in [6, 6.07) is 8.03. The van der Waals surface area contributed by atoms with Crippen molar-refractivity contribution in [1.82, 2.24) is 10.2 Å². The van der Waals surface area contributed by atoms with Gasteiger partial charge in [0.15, 0.2) is 0 Å². The highest BCUT2D eigenvalue weighted by atomic mass is 32.2. The molecule has 0 spiro atoms. The third-order valence-electron chi connectivity index (χ3n) is 5.35. The van der Waals surface area contributed by atoms with Gasteiger partial charge in [-0.25, -0.2) is 0 Å². The lowest BCUT2D eigenvalue weighted by Gasteiger charge is -2.32. The van der Waals surface area contributed by atoms with Gasteiger partial charge in [0.2, 0.25) is 11.8 Å². The maximum absolute atomic E-state index is 12.7. The molecule has 1 saturated heterocycles. The Morgan fingerprint density at radius 1 is 1.12 bits per heavy atom. The van der Waals surface area contributed by atoms with E-state index < -0.39 is 0 Å². The molecule has 3 rings (SSSR count). The normalized spacial score (nSPS) is 17.9. The molecule has 0 saturated carbocycles. The first-order valence-corrected chi connectivity index (χ1v) is 10.6. The fraction of sp³-hybridized carbons (Fsp3) is 0.600. The Morgan fingerprint density at radius 3 is 2.62 bits per heavy atom. The standard InChI is InChI=1S/C20H29N3O2S/c1-21-11-8-16-9-12-22(13-10-16)19(24)6-7-20(25)23-14-15-26-18-5-3-2-4-17(18)23/h2-5,16,21H,6-15H2,1H3. The van der Waals surface area contributed by atoms with E-state index in [2.05, 4.69) is 11.4 Å². The van der Waals surface area contributed by atoms with Crippen LogP contribution < -0.4 is 10.2 Å². The molecule has 0 aliphatic carbocycles. The average molecular weight is 376 g/mol. The van der Waals surface area contributed by atoms with Crippen LogP contribution in [0.15, 0.2) is 29.2 Å². The minimum absolute atomic E-state index is 0.0648. The predicted molar refractivity (Wildman–Crippen MR) is 107 cm³/mol. The molecule has 2 aliphatic rings. The highest BCUT2D eigenvalue weighted by Crippen LogP contribution is 2.34. The largest absolute Gasteiger partial charge is 0.343 e. The van der Waals surface area contributed by atoms with Crippen LogP contribution in [-0.2, 0) is 9.59 Å². The van der Waals surface area contributed by atoms with Crippen molar-refractivity contribution in [3.05, 3.63) is 24.3 Å². The second-order valence-electron chi connectivity index (χ2n) is 7.08. The Kier molecular flexibility index (Phi) is 6.97. The van der Waals surface area contributed by atoms with Crippen molar-refractivity contribution in [2.24, 2.45) is 5.92 Å². The first kappa shape index (κ1) is 19.2. The first-order valence-electron chi connectivity index (χ1n) is 9.63. The quantitative estimate of drug-likeness (QED) is 0.831. The van der Waals surface area contributed by atoms with Crippen LogP contribution >= 0.6 is 11.8 Å². The smallest absolute Gasteiger partial charge is 0.227 e. The Bertz CT molecular complexity index is 629. The number of carbonyl (C=O) groups excluding carboxylic acids is 2. The summed E-state index contributed by atoms with van der Waals surface area (Å²) >= 11 is 1.79. The van der Waals surface area contributed by atoms with Crippen molar-refractivity contribution in [3.63, 3.8) is 0 Å². The third-order valence-corrected chi connectivity index (χ3v) is 6.40. The summed E-state index contributed by atoms with van der Waals surface area (Å²) in [5, 5.41) is 3.20. The molecule has 1 fully saturated rings. The number of para-hydroxylation sites is 1. The minimum Gasteiger partial charge on any atom is -0.343 e. The number of likely N-dealkylation sites (tertiary alicyclic amines) is 1. The SMILES string of the molecule is CNCCC1CCN(C(=O)CCC(=O)N2CCSc3ccccc32)CC1. The van der Waals surface area contributed by atoms with Gasteiger partial charge in [-0.1, -0.05) is 12.1 Å². The lowest BCUT2D eigenvalue weighted by Crippen LogP contribution is -2.40. The number of nitrogens with one attached hydrogen (secondary N) is 1. The molecule has 1 N–H and O–H groups in total. The van der Waals surface area contributed by atoms with Gasteiger partial charge in [-0.15, -0.1) is 11.8 Å². The number of fused-ring (bicyclic) bond motifs is 1. The number of amides is 2. The molecule has 26 heavy (non-hydrogen) atoms. The van der Waals surface area contributed by atoms with Crippen LogP contribution in [0.2, 0.25) is 0 Å². The molecule has 0 radical (unpaired) electrons. The Labute approximate surface area is 160 Å². The second kappa shape index (κ2) is 9.42. The molecular weight excluding hydrogens is 346 g/mol. The van der Waals surface area contributed by atoms with E-state index >= 15 is 0 Å². The van der Waals surface area contributed by atoms with Crippen LogP contribution in [0, 0.1) is 5.92 Å². The van der Waals surface area contributed by atoms with Gasteiger partial charge in [0.05, 0.1) is 5.69 Å². The van der Waals surface area contributed by atoms with Gasteiger partial charge in [0, 0.05) is 43.1 Å². The van der Waals surface area contributed by atoms with Crippen molar-refractivity contribution in [2.75, 3.05) is 43.9 Å². The van der Waals surface area contributed by atoms with E-state index in [1.54, 1.807) is 11.8 Å². The topological polar surface area (TPSA) is 52.7 Å². The third kappa shape index (κ3) is 4.80. The Hall–Kier alpha value is -1.53. The first-order chi connectivity index (χ1) is 12.7. The highest BCUT2D eigenvalue weighted by Gasteiger charge is 2.25. The number of piperidine rings is 1. The number of thioether (sulfide) groups is 1. The number of carbonyl (C=O) groups is 2. The maximum atomic E-state index is 12.7. The molecule has 0 aromatic heterocycles. The lowest BCUT2D eigenvalue weighted by molar-refractivity contribution is -0.134. The van der Waals surface area contributed by atoms with Crippen LogP contribution in [0.25, 0.3) is 0 Å². The fourth-order valence-electron chi connectivity index (χ4n) is 3.76. The number of rotatable bonds is 6. The number of anilines is 1. The van der Waals surface area contributed by atoms with Gasteiger partial charge >= 0.3 is 0 Å². The van der Waals surface area contributed by atoms with Gasteiger partial charge in [-0.05, 0) is 50.9 Å². The summed E-state index contributed by atoms with van der Waals surface area (Å²) in [4.78, 5) is 30.1. The number of hydrogen-bond donors (Lipinski definition) is 1. The van der Waals surface area contributed by atoms with Gasteiger partial charge in [0.25, 0.3) is 0 Å². The lowest BCUT2D eigenvalue weighted by atomic mass is 9.93. The zero-order valence-electron chi connectivity index (χ0n) is 15.6. The van der Waals surface area contributed by atoms with Gasteiger partial charge in [-0.3, -0.25) is 9.59 Å². The van der Waals surface area contributed by atoms with Crippen LogP contribution in [-0.4, -0.2) is 55.7 Å². The molecule has 5 nitrogen and oxygen atoms in total. The van der Waals surface area contributed by atoms with Crippen molar-refractivity contribution in [2.45, 2.75) is 37.0 Å². The summed E-state index contributed by atoms with van der Waals surface area (Å²) < 4.78 is 0. The van der Waals surface area contributed by atoms with Crippen LogP contribution in [0.3, 0.4) is 0 Å². The molecule has 1 aromatic rings. The maximum Gasteiger partial charge on any atom is 0.227 e. The highest BCUT2D eigenvalue weighted by molar-refractivity contribution is 7.99. The van der Waals surface area contributed by atoms with Crippen molar-refractivity contribution in [1.29, 1.82) is 0 Å². The molecular formula is C20H29N3O2S. The second-order valence-corrected chi connectivity index (χ2v) is 8.21. The van der Waals surface area contributed by atoms with E-state index in [-0.39, 0.29) is 11.8 Å². The molecule has 0 bridgehead atoms.